The lowest BCUT2D eigenvalue weighted by Crippen LogP contribution is -1.85. The fraction of sp³-hybridized carbons (Fsp3) is 0.111. The van der Waals surface area contributed by atoms with Crippen molar-refractivity contribution in [3.8, 4) is 0 Å². The van der Waals surface area contributed by atoms with Crippen LogP contribution in [-0.4, -0.2) is 15.9 Å². The standard InChI is InChI=1S/C9H8N2O/c1-7-8(6-12)10-11-5-3-2-4-9(7)11/h2-6H,1H3. The van der Waals surface area contributed by atoms with Crippen molar-refractivity contribution in [2.75, 3.05) is 0 Å². The number of fused-ring (bicyclic) bond motifs is 1. The van der Waals surface area contributed by atoms with Crippen LogP contribution in [0.1, 0.15) is 16.1 Å². The van der Waals surface area contributed by atoms with Gasteiger partial charge in [-0.15, -0.1) is 0 Å². The quantitative estimate of drug-likeness (QED) is 0.592. The second kappa shape index (κ2) is 2.44. The molecule has 0 spiro atoms. The van der Waals surface area contributed by atoms with Gasteiger partial charge in [-0.2, -0.15) is 5.10 Å². The summed E-state index contributed by atoms with van der Waals surface area (Å²) in [5.74, 6) is 0. The minimum atomic E-state index is 0.515. The number of pyridine rings is 1. The van der Waals surface area contributed by atoms with Gasteiger partial charge in [0, 0.05) is 11.8 Å². The number of aryl methyl sites for hydroxylation is 1. The van der Waals surface area contributed by atoms with Crippen LogP contribution in [0.5, 0.6) is 0 Å². The third kappa shape index (κ3) is 0.830. The van der Waals surface area contributed by atoms with E-state index in [0.29, 0.717) is 5.69 Å². The topological polar surface area (TPSA) is 34.4 Å². The van der Waals surface area contributed by atoms with Crippen LogP contribution in [0.3, 0.4) is 0 Å². The van der Waals surface area contributed by atoms with Crippen molar-refractivity contribution in [3.63, 3.8) is 0 Å². The number of carbonyl (C=O) groups excluding carboxylic acids is 1. The molecule has 0 saturated carbocycles. The van der Waals surface area contributed by atoms with Gasteiger partial charge in [0.25, 0.3) is 0 Å². The predicted molar refractivity (Wildman–Crippen MR) is 45.3 cm³/mol. The Labute approximate surface area is 69.6 Å². The van der Waals surface area contributed by atoms with Crippen LogP contribution in [0, 0.1) is 6.92 Å². The number of rotatable bonds is 1. The molecule has 0 bridgehead atoms. The Morgan fingerprint density at radius 3 is 3.00 bits per heavy atom. The second-order valence-electron chi connectivity index (χ2n) is 2.66. The molecule has 2 heterocycles. The molecule has 60 valence electrons. The van der Waals surface area contributed by atoms with Crippen molar-refractivity contribution in [3.05, 3.63) is 35.7 Å². The van der Waals surface area contributed by atoms with E-state index in [1.54, 1.807) is 4.52 Å². The van der Waals surface area contributed by atoms with Crippen LogP contribution < -0.4 is 0 Å². The van der Waals surface area contributed by atoms with Gasteiger partial charge in [-0.05, 0) is 19.1 Å². The van der Waals surface area contributed by atoms with Gasteiger partial charge in [0.1, 0.15) is 5.69 Å². The summed E-state index contributed by atoms with van der Waals surface area (Å²) >= 11 is 0. The van der Waals surface area contributed by atoms with E-state index in [4.69, 9.17) is 0 Å². The number of carbonyl (C=O) groups is 1. The SMILES string of the molecule is Cc1c(C=O)nn2ccccc12. The number of nitrogens with zero attached hydrogens (tertiary/aromatic N) is 2. The number of hydrogen-bond acceptors (Lipinski definition) is 2. The van der Waals surface area contributed by atoms with Gasteiger partial charge in [-0.1, -0.05) is 6.07 Å². The zero-order valence-corrected chi connectivity index (χ0v) is 6.69. The highest BCUT2D eigenvalue weighted by atomic mass is 16.1. The molecule has 0 aliphatic rings. The zero-order chi connectivity index (χ0) is 8.55. The lowest BCUT2D eigenvalue weighted by Gasteiger charge is -1.89. The summed E-state index contributed by atoms with van der Waals surface area (Å²) in [4.78, 5) is 10.5. The van der Waals surface area contributed by atoms with Crippen LogP contribution in [-0.2, 0) is 0 Å². The second-order valence-corrected chi connectivity index (χ2v) is 2.66. The molecule has 2 rings (SSSR count). The van der Waals surface area contributed by atoms with Crippen molar-refractivity contribution in [1.82, 2.24) is 9.61 Å². The minimum absolute atomic E-state index is 0.515. The van der Waals surface area contributed by atoms with Gasteiger partial charge < -0.3 is 0 Å². The Kier molecular flexibility index (Phi) is 1.43. The molecule has 0 N–H and O–H groups in total. The van der Waals surface area contributed by atoms with Crippen molar-refractivity contribution >= 4 is 11.8 Å². The molecule has 0 aliphatic carbocycles. The molecule has 0 aliphatic heterocycles. The number of aromatic nitrogens is 2. The molecule has 0 saturated heterocycles. The molecule has 2 aromatic rings. The average Bonchev–Trinajstić information content (AvgIpc) is 2.44. The fourth-order valence-electron chi connectivity index (χ4n) is 1.25. The first-order valence-corrected chi connectivity index (χ1v) is 3.72. The first-order chi connectivity index (χ1) is 5.83. The van der Waals surface area contributed by atoms with Gasteiger partial charge in [0.2, 0.25) is 0 Å². The molecular formula is C9H8N2O. The van der Waals surface area contributed by atoms with E-state index in [1.807, 2.05) is 31.3 Å². The molecule has 3 heteroatoms. The van der Waals surface area contributed by atoms with E-state index in [-0.39, 0.29) is 0 Å². The van der Waals surface area contributed by atoms with Crippen molar-refractivity contribution in [2.24, 2.45) is 0 Å². The first kappa shape index (κ1) is 7.03. The Balaban J connectivity index is 2.87. The summed E-state index contributed by atoms with van der Waals surface area (Å²) in [6, 6.07) is 5.75. The van der Waals surface area contributed by atoms with Crippen molar-refractivity contribution in [1.29, 1.82) is 0 Å². The van der Waals surface area contributed by atoms with E-state index < -0.39 is 0 Å². The maximum absolute atomic E-state index is 10.5. The maximum Gasteiger partial charge on any atom is 0.170 e. The monoisotopic (exact) mass is 160 g/mol. The average molecular weight is 160 g/mol. The molecule has 0 fully saturated rings. The van der Waals surface area contributed by atoms with Crippen molar-refractivity contribution < 1.29 is 4.79 Å². The highest BCUT2D eigenvalue weighted by molar-refractivity contribution is 5.78. The summed E-state index contributed by atoms with van der Waals surface area (Å²) in [6.07, 6.45) is 2.61. The molecule has 12 heavy (non-hydrogen) atoms. The summed E-state index contributed by atoms with van der Waals surface area (Å²) < 4.78 is 1.71. The fourth-order valence-corrected chi connectivity index (χ4v) is 1.25. The van der Waals surface area contributed by atoms with Crippen LogP contribution in [0.15, 0.2) is 24.4 Å². The Morgan fingerprint density at radius 2 is 2.33 bits per heavy atom. The zero-order valence-electron chi connectivity index (χ0n) is 6.69. The Morgan fingerprint density at radius 1 is 1.50 bits per heavy atom. The van der Waals surface area contributed by atoms with Crippen LogP contribution in [0.2, 0.25) is 0 Å². The van der Waals surface area contributed by atoms with E-state index in [1.165, 1.54) is 0 Å². The Hall–Kier alpha value is -1.64. The molecule has 0 aromatic carbocycles. The molecule has 0 amide bonds. The van der Waals surface area contributed by atoms with Gasteiger partial charge in [-0.3, -0.25) is 4.79 Å². The van der Waals surface area contributed by atoms with Crippen molar-refractivity contribution in [2.45, 2.75) is 6.92 Å². The number of aldehydes is 1. The summed E-state index contributed by atoms with van der Waals surface area (Å²) in [6.45, 7) is 1.89. The predicted octanol–water partition coefficient (Wildman–Crippen LogP) is 1.46. The van der Waals surface area contributed by atoms with E-state index >= 15 is 0 Å². The molecule has 0 atom stereocenters. The number of hydrogen-bond donors (Lipinski definition) is 0. The summed E-state index contributed by atoms with van der Waals surface area (Å²) in [5.41, 5.74) is 2.44. The van der Waals surface area contributed by atoms with Crippen LogP contribution in [0.4, 0.5) is 0 Å². The molecule has 3 nitrogen and oxygen atoms in total. The molecule has 0 radical (unpaired) electrons. The lowest BCUT2D eigenvalue weighted by molar-refractivity contribution is 0.111. The molecule has 2 aromatic heterocycles. The van der Waals surface area contributed by atoms with E-state index in [9.17, 15) is 4.79 Å². The van der Waals surface area contributed by atoms with Gasteiger partial charge in [0.05, 0.1) is 5.52 Å². The minimum Gasteiger partial charge on any atom is -0.296 e. The van der Waals surface area contributed by atoms with Crippen LogP contribution >= 0.6 is 0 Å². The Bertz CT molecular complexity index is 431. The summed E-state index contributed by atoms with van der Waals surface area (Å²) in [7, 11) is 0. The highest BCUT2D eigenvalue weighted by Crippen LogP contribution is 2.11. The smallest absolute Gasteiger partial charge is 0.170 e. The molecular weight excluding hydrogens is 152 g/mol. The van der Waals surface area contributed by atoms with E-state index in [0.717, 1.165) is 17.4 Å². The normalized spacial score (nSPS) is 10.4. The third-order valence-electron chi connectivity index (χ3n) is 1.93. The summed E-state index contributed by atoms with van der Waals surface area (Å²) in [5, 5.41) is 4.08. The van der Waals surface area contributed by atoms with Gasteiger partial charge >= 0.3 is 0 Å². The highest BCUT2D eigenvalue weighted by Gasteiger charge is 2.05. The lowest BCUT2D eigenvalue weighted by atomic mass is 10.2. The van der Waals surface area contributed by atoms with Gasteiger partial charge in [-0.25, -0.2) is 4.52 Å². The van der Waals surface area contributed by atoms with Crippen LogP contribution in [0.25, 0.3) is 5.52 Å². The maximum atomic E-state index is 10.5. The first-order valence-electron chi connectivity index (χ1n) is 3.72. The largest absolute Gasteiger partial charge is 0.296 e. The molecule has 0 unspecified atom stereocenters. The van der Waals surface area contributed by atoms with Gasteiger partial charge in [0.15, 0.2) is 6.29 Å². The third-order valence-corrected chi connectivity index (χ3v) is 1.93. The van der Waals surface area contributed by atoms with E-state index in [2.05, 4.69) is 5.10 Å².